The normalized spacial score (nSPS) is 11.9. The molecule has 202 valence electrons. The first-order valence-electron chi connectivity index (χ1n) is 11.5. The third-order valence-corrected chi connectivity index (χ3v) is 6.83. The van der Waals surface area contributed by atoms with Gasteiger partial charge in [-0.1, -0.05) is 12.1 Å². The van der Waals surface area contributed by atoms with Gasteiger partial charge in [-0.2, -0.15) is 0 Å². The summed E-state index contributed by atoms with van der Waals surface area (Å²) in [5.74, 6) is -1.77. The Labute approximate surface area is 219 Å². The Morgan fingerprint density at radius 1 is 0.947 bits per heavy atom. The average molecular weight is 548 g/mol. The van der Waals surface area contributed by atoms with Crippen molar-refractivity contribution in [2.24, 2.45) is 0 Å². The highest BCUT2D eigenvalue weighted by Crippen LogP contribution is 2.20. The van der Waals surface area contributed by atoms with Crippen LogP contribution in [0.15, 0.2) is 77.7 Å². The Bertz CT molecular complexity index is 1330. The van der Waals surface area contributed by atoms with Crippen LogP contribution in [0.2, 0.25) is 0 Å². The van der Waals surface area contributed by atoms with Gasteiger partial charge in [-0.05, 0) is 73.2 Å². The maximum absolute atomic E-state index is 13.3. The van der Waals surface area contributed by atoms with Gasteiger partial charge in [-0.15, -0.1) is 0 Å². The highest BCUT2D eigenvalue weighted by molar-refractivity contribution is 7.92. The lowest BCUT2D eigenvalue weighted by Gasteiger charge is -2.28. The van der Waals surface area contributed by atoms with Crippen LogP contribution in [-0.4, -0.2) is 56.0 Å². The molecule has 0 aliphatic heterocycles. The minimum atomic E-state index is -3.95. The molecule has 3 aromatic carbocycles. The number of halogens is 2. The number of sulfonamides is 1. The highest BCUT2D eigenvalue weighted by atomic mass is 32.2. The molecule has 0 fully saturated rings. The van der Waals surface area contributed by atoms with Crippen LogP contribution in [-0.2, 0) is 26.2 Å². The molecule has 12 heteroatoms. The van der Waals surface area contributed by atoms with Gasteiger partial charge >= 0.3 is 0 Å². The summed E-state index contributed by atoms with van der Waals surface area (Å²) in [4.78, 5) is 26.7. The molecule has 3 aromatic rings. The molecule has 0 radical (unpaired) electrons. The quantitative estimate of drug-likeness (QED) is 0.320. The lowest BCUT2D eigenvalue weighted by molar-refractivity contribution is -0.142. The number of amides is 2. The third kappa shape index (κ3) is 7.98. The molecule has 0 bridgehead atoms. The van der Waals surface area contributed by atoms with E-state index in [2.05, 4.69) is 10.0 Å². The Morgan fingerprint density at radius 3 is 2.11 bits per heavy atom. The maximum Gasteiger partial charge on any atom is 0.261 e. The van der Waals surface area contributed by atoms with Crippen molar-refractivity contribution < 1.29 is 36.6 Å². The van der Waals surface area contributed by atoms with E-state index in [1.807, 2.05) is 0 Å². The summed E-state index contributed by atoms with van der Waals surface area (Å²) in [6.07, 6.45) is 0. The van der Waals surface area contributed by atoms with E-state index in [1.165, 1.54) is 72.5 Å². The SMILES string of the molecule is CC(C(=O)NCCO)N(Cc1ccc(F)cc1)C(=O)COc1ccc(S(=O)(=O)Nc2ccc(F)cc2)cc1. The summed E-state index contributed by atoms with van der Waals surface area (Å²) in [5, 5.41) is 11.5. The molecule has 0 spiro atoms. The molecule has 0 aliphatic carbocycles. The zero-order chi connectivity index (χ0) is 27.7. The Kier molecular flexibility index (Phi) is 9.74. The summed E-state index contributed by atoms with van der Waals surface area (Å²) >= 11 is 0. The van der Waals surface area contributed by atoms with E-state index in [1.54, 1.807) is 0 Å². The van der Waals surface area contributed by atoms with Crippen LogP contribution in [0.25, 0.3) is 0 Å². The number of hydrogen-bond acceptors (Lipinski definition) is 6. The minimum Gasteiger partial charge on any atom is -0.484 e. The standard InChI is InChI=1S/C26H27F2N3O6S/c1-18(26(34)29-14-15-32)31(16-19-2-4-20(27)5-3-19)25(33)17-37-23-10-12-24(13-11-23)38(35,36)30-22-8-6-21(28)7-9-22/h2-13,18,30,32H,14-17H2,1H3,(H,29,34). The molecule has 1 atom stereocenters. The predicted octanol–water partition coefficient (Wildman–Crippen LogP) is 2.67. The van der Waals surface area contributed by atoms with E-state index in [-0.39, 0.29) is 36.0 Å². The summed E-state index contributed by atoms with van der Waals surface area (Å²) in [6, 6.07) is 14.7. The summed E-state index contributed by atoms with van der Waals surface area (Å²) in [5.41, 5.74) is 0.778. The number of rotatable bonds is 12. The van der Waals surface area contributed by atoms with Gasteiger partial charge in [-0.3, -0.25) is 14.3 Å². The Balaban J connectivity index is 1.67. The second-order valence-corrected chi connectivity index (χ2v) is 9.89. The van der Waals surface area contributed by atoms with Crippen molar-refractivity contribution in [3.8, 4) is 5.75 Å². The van der Waals surface area contributed by atoms with E-state index in [0.29, 0.717) is 5.56 Å². The number of carbonyl (C=O) groups excluding carboxylic acids is 2. The molecule has 0 saturated heterocycles. The molecule has 9 nitrogen and oxygen atoms in total. The van der Waals surface area contributed by atoms with Crippen LogP contribution in [0.1, 0.15) is 12.5 Å². The van der Waals surface area contributed by atoms with Gasteiger partial charge < -0.3 is 20.1 Å². The Hall–Kier alpha value is -4.03. The summed E-state index contributed by atoms with van der Waals surface area (Å²) < 4.78 is 59.4. The van der Waals surface area contributed by atoms with Gasteiger partial charge in [0.15, 0.2) is 6.61 Å². The monoisotopic (exact) mass is 547 g/mol. The van der Waals surface area contributed by atoms with E-state index in [4.69, 9.17) is 9.84 Å². The van der Waals surface area contributed by atoms with Crippen LogP contribution < -0.4 is 14.8 Å². The molecule has 3 N–H and O–H groups in total. The van der Waals surface area contributed by atoms with E-state index < -0.39 is 46.1 Å². The second-order valence-electron chi connectivity index (χ2n) is 8.21. The lowest BCUT2D eigenvalue weighted by atomic mass is 10.1. The third-order valence-electron chi connectivity index (χ3n) is 5.44. The second kappa shape index (κ2) is 13.0. The van der Waals surface area contributed by atoms with Crippen molar-refractivity contribution in [2.45, 2.75) is 24.4 Å². The first-order valence-corrected chi connectivity index (χ1v) is 13.0. The average Bonchev–Trinajstić information content (AvgIpc) is 2.91. The molecular formula is C26H27F2N3O6S. The van der Waals surface area contributed by atoms with Crippen LogP contribution in [0, 0.1) is 11.6 Å². The van der Waals surface area contributed by atoms with Gasteiger partial charge in [-0.25, -0.2) is 17.2 Å². The fourth-order valence-electron chi connectivity index (χ4n) is 3.37. The fraction of sp³-hybridized carbons (Fsp3) is 0.231. The van der Waals surface area contributed by atoms with Gasteiger partial charge in [0.2, 0.25) is 5.91 Å². The number of hydrogen-bond donors (Lipinski definition) is 3. The zero-order valence-electron chi connectivity index (χ0n) is 20.4. The van der Waals surface area contributed by atoms with Crippen molar-refractivity contribution in [1.29, 1.82) is 0 Å². The first kappa shape index (κ1) is 28.5. The number of aliphatic hydroxyl groups excluding tert-OH is 1. The van der Waals surface area contributed by atoms with Crippen molar-refractivity contribution in [3.63, 3.8) is 0 Å². The number of nitrogens with one attached hydrogen (secondary N) is 2. The maximum atomic E-state index is 13.3. The first-order chi connectivity index (χ1) is 18.1. The highest BCUT2D eigenvalue weighted by Gasteiger charge is 2.26. The largest absolute Gasteiger partial charge is 0.484 e. The number of ether oxygens (including phenoxy) is 1. The molecule has 0 heterocycles. The molecule has 1 unspecified atom stereocenters. The molecular weight excluding hydrogens is 520 g/mol. The minimum absolute atomic E-state index is 0.00240. The molecule has 0 saturated carbocycles. The van der Waals surface area contributed by atoms with Crippen molar-refractivity contribution >= 4 is 27.5 Å². The van der Waals surface area contributed by atoms with E-state index in [0.717, 1.165) is 12.1 Å². The van der Waals surface area contributed by atoms with Gasteiger partial charge in [0.1, 0.15) is 23.4 Å². The number of nitrogens with zero attached hydrogens (tertiary/aromatic N) is 1. The van der Waals surface area contributed by atoms with Crippen LogP contribution in [0.5, 0.6) is 5.75 Å². The smallest absolute Gasteiger partial charge is 0.261 e. The Morgan fingerprint density at radius 2 is 1.53 bits per heavy atom. The van der Waals surface area contributed by atoms with Crippen LogP contribution in [0.4, 0.5) is 14.5 Å². The molecule has 2 amide bonds. The van der Waals surface area contributed by atoms with Gasteiger partial charge in [0, 0.05) is 18.8 Å². The van der Waals surface area contributed by atoms with Crippen LogP contribution in [0.3, 0.4) is 0 Å². The van der Waals surface area contributed by atoms with Crippen molar-refractivity contribution in [3.05, 3.63) is 90.0 Å². The molecule has 38 heavy (non-hydrogen) atoms. The van der Waals surface area contributed by atoms with E-state index >= 15 is 0 Å². The van der Waals surface area contributed by atoms with Crippen molar-refractivity contribution in [2.75, 3.05) is 24.5 Å². The van der Waals surface area contributed by atoms with Crippen LogP contribution >= 0.6 is 0 Å². The van der Waals surface area contributed by atoms with Gasteiger partial charge in [0.25, 0.3) is 15.9 Å². The summed E-state index contributed by atoms with van der Waals surface area (Å²) in [6.45, 7) is 0.811. The predicted molar refractivity (Wildman–Crippen MR) is 136 cm³/mol. The van der Waals surface area contributed by atoms with Crippen molar-refractivity contribution in [1.82, 2.24) is 10.2 Å². The zero-order valence-corrected chi connectivity index (χ0v) is 21.3. The lowest BCUT2D eigenvalue weighted by Crippen LogP contribution is -2.49. The van der Waals surface area contributed by atoms with E-state index in [9.17, 15) is 26.8 Å². The molecule has 0 aromatic heterocycles. The number of aliphatic hydroxyl groups is 1. The number of anilines is 1. The number of carbonyl (C=O) groups is 2. The summed E-state index contributed by atoms with van der Waals surface area (Å²) in [7, 11) is -3.95. The fourth-order valence-corrected chi connectivity index (χ4v) is 4.43. The number of benzene rings is 3. The van der Waals surface area contributed by atoms with Gasteiger partial charge in [0.05, 0.1) is 11.5 Å². The topological polar surface area (TPSA) is 125 Å². The molecule has 3 rings (SSSR count). The molecule has 0 aliphatic rings.